The highest BCUT2D eigenvalue weighted by molar-refractivity contribution is 4.85. The molecule has 1 rings (SSSR count). The van der Waals surface area contributed by atoms with E-state index in [-0.39, 0.29) is 0 Å². The monoisotopic (exact) mass is 296 g/mol. The summed E-state index contributed by atoms with van der Waals surface area (Å²) in [4.78, 5) is 2.82. The van der Waals surface area contributed by atoms with Gasteiger partial charge in [-0.25, -0.2) is 0 Å². The Morgan fingerprint density at radius 2 is 1.71 bits per heavy atom. The van der Waals surface area contributed by atoms with Gasteiger partial charge < -0.3 is 5.32 Å². The maximum Gasteiger partial charge on any atom is 0.00956 e. The van der Waals surface area contributed by atoms with E-state index < -0.39 is 0 Å². The van der Waals surface area contributed by atoms with Crippen molar-refractivity contribution in [1.29, 1.82) is 0 Å². The van der Waals surface area contributed by atoms with Crippen LogP contribution in [0.5, 0.6) is 0 Å². The van der Waals surface area contributed by atoms with Gasteiger partial charge in [0.15, 0.2) is 0 Å². The highest BCUT2D eigenvalue weighted by Crippen LogP contribution is 2.29. The summed E-state index contributed by atoms with van der Waals surface area (Å²) in [6, 6.07) is 0.850. The van der Waals surface area contributed by atoms with E-state index in [0.29, 0.717) is 5.41 Å². The van der Waals surface area contributed by atoms with Crippen LogP contribution in [0, 0.1) is 17.3 Å². The highest BCUT2D eigenvalue weighted by atomic mass is 15.2. The van der Waals surface area contributed by atoms with Crippen LogP contribution in [0.2, 0.25) is 0 Å². The average Bonchev–Trinajstić information content (AvgIpc) is 2.91. The minimum atomic E-state index is 0.409. The summed E-state index contributed by atoms with van der Waals surface area (Å²) in [5, 5.41) is 3.70. The molecule has 2 nitrogen and oxygen atoms in total. The Morgan fingerprint density at radius 1 is 1.10 bits per heavy atom. The second-order valence-corrected chi connectivity index (χ2v) is 8.45. The normalized spacial score (nSPS) is 19.9. The van der Waals surface area contributed by atoms with Crippen LogP contribution < -0.4 is 5.32 Å². The molecule has 0 saturated heterocycles. The third-order valence-electron chi connectivity index (χ3n) is 4.98. The van der Waals surface area contributed by atoms with Gasteiger partial charge in [-0.1, -0.05) is 54.4 Å². The summed E-state index contributed by atoms with van der Waals surface area (Å²) in [6.07, 6.45) is 6.98. The van der Waals surface area contributed by atoms with Crippen molar-refractivity contribution in [3.05, 3.63) is 0 Å². The van der Waals surface area contributed by atoms with E-state index in [1.165, 1.54) is 45.2 Å². The second kappa shape index (κ2) is 9.15. The van der Waals surface area contributed by atoms with Gasteiger partial charge in [0, 0.05) is 25.7 Å². The Morgan fingerprint density at radius 3 is 2.19 bits per heavy atom. The number of hydrogen-bond donors (Lipinski definition) is 1. The summed E-state index contributed by atoms with van der Waals surface area (Å²) in [6.45, 7) is 19.0. The summed E-state index contributed by atoms with van der Waals surface area (Å²) in [7, 11) is 0. The summed E-state index contributed by atoms with van der Waals surface area (Å²) in [5.74, 6) is 1.52. The fraction of sp³-hybridized carbons (Fsp3) is 1.00. The van der Waals surface area contributed by atoms with Crippen molar-refractivity contribution < 1.29 is 0 Å². The minimum absolute atomic E-state index is 0.409. The third-order valence-corrected chi connectivity index (χ3v) is 4.98. The zero-order chi connectivity index (χ0) is 15.9. The molecule has 21 heavy (non-hydrogen) atoms. The Hall–Kier alpha value is -0.0800. The number of rotatable bonds is 10. The molecule has 1 saturated carbocycles. The molecule has 1 unspecified atom stereocenters. The van der Waals surface area contributed by atoms with Crippen molar-refractivity contribution in [2.45, 2.75) is 79.7 Å². The molecule has 0 radical (unpaired) electrons. The molecular weight excluding hydrogens is 256 g/mol. The Bertz CT molecular complexity index is 269. The first-order valence-corrected chi connectivity index (χ1v) is 9.31. The standard InChI is InChI=1S/C19H40N2/c1-7-19(6,14-20-12-16(2)3)15-21(13-17(4)5)18-10-8-9-11-18/h16-18,20H,7-15H2,1-6H3. The first-order chi connectivity index (χ1) is 9.86. The molecule has 0 aromatic rings. The van der Waals surface area contributed by atoms with Gasteiger partial charge in [0.05, 0.1) is 0 Å². The smallest absolute Gasteiger partial charge is 0.00956 e. The van der Waals surface area contributed by atoms with E-state index in [2.05, 4.69) is 51.8 Å². The Balaban J connectivity index is 2.58. The van der Waals surface area contributed by atoms with Gasteiger partial charge >= 0.3 is 0 Å². The van der Waals surface area contributed by atoms with Gasteiger partial charge in [0.1, 0.15) is 0 Å². The molecule has 0 aromatic carbocycles. The van der Waals surface area contributed by atoms with E-state index >= 15 is 0 Å². The van der Waals surface area contributed by atoms with Crippen molar-refractivity contribution >= 4 is 0 Å². The molecule has 1 aliphatic rings. The molecular formula is C19H40N2. The summed E-state index contributed by atoms with van der Waals surface area (Å²) in [5.41, 5.74) is 0.409. The van der Waals surface area contributed by atoms with Crippen molar-refractivity contribution in [3.8, 4) is 0 Å². The largest absolute Gasteiger partial charge is 0.316 e. The van der Waals surface area contributed by atoms with Crippen LogP contribution >= 0.6 is 0 Å². The van der Waals surface area contributed by atoms with E-state index in [0.717, 1.165) is 31.0 Å². The lowest BCUT2D eigenvalue weighted by Crippen LogP contribution is -2.47. The van der Waals surface area contributed by atoms with Crippen LogP contribution in [-0.2, 0) is 0 Å². The quantitative estimate of drug-likeness (QED) is 0.636. The molecule has 0 spiro atoms. The van der Waals surface area contributed by atoms with Crippen molar-refractivity contribution in [2.24, 2.45) is 17.3 Å². The zero-order valence-corrected chi connectivity index (χ0v) is 15.5. The van der Waals surface area contributed by atoms with Crippen LogP contribution in [0.3, 0.4) is 0 Å². The van der Waals surface area contributed by atoms with Crippen LogP contribution in [0.25, 0.3) is 0 Å². The molecule has 2 heteroatoms. The fourth-order valence-electron chi connectivity index (χ4n) is 3.53. The highest BCUT2D eigenvalue weighted by Gasteiger charge is 2.30. The lowest BCUT2D eigenvalue weighted by atomic mass is 9.85. The maximum absolute atomic E-state index is 3.70. The number of hydrogen-bond acceptors (Lipinski definition) is 2. The second-order valence-electron chi connectivity index (χ2n) is 8.45. The third kappa shape index (κ3) is 7.15. The van der Waals surface area contributed by atoms with Gasteiger partial charge in [0.2, 0.25) is 0 Å². The lowest BCUT2D eigenvalue weighted by molar-refractivity contribution is 0.102. The van der Waals surface area contributed by atoms with Crippen LogP contribution in [0.4, 0.5) is 0 Å². The number of nitrogens with zero attached hydrogens (tertiary/aromatic N) is 1. The van der Waals surface area contributed by atoms with Crippen LogP contribution in [0.15, 0.2) is 0 Å². The van der Waals surface area contributed by atoms with E-state index in [1.54, 1.807) is 0 Å². The SMILES string of the molecule is CCC(C)(CNCC(C)C)CN(CC(C)C)C1CCCC1. The molecule has 1 atom stereocenters. The maximum atomic E-state index is 3.70. The molecule has 1 aliphatic carbocycles. The van der Waals surface area contributed by atoms with Crippen molar-refractivity contribution in [1.82, 2.24) is 10.2 Å². The predicted octanol–water partition coefficient (Wildman–Crippen LogP) is 4.55. The molecule has 1 N–H and O–H groups in total. The summed E-state index contributed by atoms with van der Waals surface area (Å²) >= 11 is 0. The van der Waals surface area contributed by atoms with E-state index in [4.69, 9.17) is 0 Å². The van der Waals surface area contributed by atoms with Crippen molar-refractivity contribution in [3.63, 3.8) is 0 Å². The topological polar surface area (TPSA) is 15.3 Å². The van der Waals surface area contributed by atoms with Crippen molar-refractivity contribution in [2.75, 3.05) is 26.2 Å². The first kappa shape index (κ1) is 19.0. The molecule has 0 amide bonds. The molecule has 0 aromatic heterocycles. The van der Waals surface area contributed by atoms with Gasteiger partial charge in [-0.15, -0.1) is 0 Å². The number of nitrogens with one attached hydrogen (secondary N) is 1. The van der Waals surface area contributed by atoms with Gasteiger partial charge in [-0.3, -0.25) is 4.90 Å². The van der Waals surface area contributed by atoms with Crippen LogP contribution in [-0.4, -0.2) is 37.1 Å². The summed E-state index contributed by atoms with van der Waals surface area (Å²) < 4.78 is 0. The first-order valence-electron chi connectivity index (χ1n) is 9.31. The lowest BCUT2D eigenvalue weighted by Gasteiger charge is -2.39. The average molecular weight is 297 g/mol. The van der Waals surface area contributed by atoms with E-state index in [9.17, 15) is 0 Å². The van der Waals surface area contributed by atoms with Gasteiger partial charge in [-0.05, 0) is 43.1 Å². The van der Waals surface area contributed by atoms with Gasteiger partial charge in [0.25, 0.3) is 0 Å². The van der Waals surface area contributed by atoms with Crippen LogP contribution in [0.1, 0.15) is 73.6 Å². The van der Waals surface area contributed by atoms with Gasteiger partial charge in [-0.2, -0.15) is 0 Å². The molecule has 1 fully saturated rings. The molecule has 0 bridgehead atoms. The molecule has 0 heterocycles. The fourth-order valence-corrected chi connectivity index (χ4v) is 3.53. The molecule has 0 aliphatic heterocycles. The zero-order valence-electron chi connectivity index (χ0n) is 15.5. The Kier molecular flexibility index (Phi) is 8.26. The van der Waals surface area contributed by atoms with E-state index in [1.807, 2.05) is 0 Å². The minimum Gasteiger partial charge on any atom is -0.316 e. The Labute approximate surface area is 134 Å². The predicted molar refractivity (Wildman–Crippen MR) is 94.8 cm³/mol. The molecule has 126 valence electrons.